The summed E-state index contributed by atoms with van der Waals surface area (Å²) in [5, 5.41) is 17.5. The van der Waals surface area contributed by atoms with Gasteiger partial charge in [0.25, 0.3) is 0 Å². The van der Waals surface area contributed by atoms with Gasteiger partial charge in [-0.2, -0.15) is 13.2 Å². The van der Waals surface area contributed by atoms with Crippen LogP contribution in [-0.2, 0) is 11.3 Å². The van der Waals surface area contributed by atoms with Gasteiger partial charge in [0.1, 0.15) is 5.75 Å². The molecule has 1 heterocycles. The molecule has 124 valence electrons. The van der Waals surface area contributed by atoms with E-state index in [0.29, 0.717) is 10.8 Å². The van der Waals surface area contributed by atoms with Gasteiger partial charge < -0.3 is 10.2 Å². The lowest BCUT2D eigenvalue weighted by atomic mass is 10.1. The number of aliphatic carboxylic acids is 1. The molecule has 2 rings (SSSR count). The van der Waals surface area contributed by atoms with Crippen molar-refractivity contribution in [1.29, 1.82) is 0 Å². The van der Waals surface area contributed by atoms with Gasteiger partial charge in [0.2, 0.25) is 0 Å². The first-order chi connectivity index (χ1) is 10.2. The maximum absolute atomic E-state index is 10.6. The lowest BCUT2D eigenvalue weighted by Crippen LogP contribution is -2.29. The van der Waals surface area contributed by atoms with Gasteiger partial charge in [0.05, 0.1) is 0 Å². The number of phenols is 1. The lowest BCUT2D eigenvalue weighted by Gasteiger charge is -2.26. The van der Waals surface area contributed by atoms with Crippen LogP contribution in [0.4, 0.5) is 13.2 Å². The highest BCUT2D eigenvalue weighted by atomic mass is 35.5. The fourth-order valence-corrected chi connectivity index (χ4v) is 2.23. The minimum atomic E-state index is -5.08. The second kappa shape index (κ2) is 8.24. The highest BCUT2D eigenvalue weighted by Gasteiger charge is 2.38. The predicted octanol–water partition coefficient (Wildman–Crippen LogP) is 3.66. The normalized spacial score (nSPS) is 15.8. The number of likely N-dealkylation sites (tertiary alicyclic amines) is 1. The van der Waals surface area contributed by atoms with Gasteiger partial charge in [-0.25, -0.2) is 4.79 Å². The molecule has 0 aromatic heterocycles. The fourth-order valence-electron chi connectivity index (χ4n) is 2.04. The number of carboxylic acids is 1. The average Bonchev–Trinajstić information content (AvgIpc) is 2.44. The quantitative estimate of drug-likeness (QED) is 0.863. The Kier molecular flexibility index (Phi) is 6.96. The van der Waals surface area contributed by atoms with Crippen LogP contribution in [-0.4, -0.2) is 40.3 Å². The number of alkyl halides is 3. The van der Waals surface area contributed by atoms with E-state index in [1.54, 1.807) is 12.1 Å². The van der Waals surface area contributed by atoms with E-state index >= 15 is 0 Å². The second-order valence-electron chi connectivity index (χ2n) is 4.91. The Labute approximate surface area is 131 Å². The summed E-state index contributed by atoms with van der Waals surface area (Å²) in [5.74, 6) is -2.41. The minimum absolute atomic E-state index is 0.352. The van der Waals surface area contributed by atoms with E-state index in [2.05, 4.69) is 4.90 Å². The summed E-state index contributed by atoms with van der Waals surface area (Å²) >= 11 is 5.90. The number of hydrogen-bond donors (Lipinski definition) is 2. The maximum Gasteiger partial charge on any atom is 0.490 e. The molecule has 4 nitrogen and oxygen atoms in total. The third kappa shape index (κ3) is 6.53. The molecule has 0 spiro atoms. The second-order valence-corrected chi connectivity index (χ2v) is 5.35. The number of benzene rings is 1. The summed E-state index contributed by atoms with van der Waals surface area (Å²) in [5.41, 5.74) is 0.935. The lowest BCUT2D eigenvalue weighted by molar-refractivity contribution is -0.192. The predicted molar refractivity (Wildman–Crippen MR) is 75.9 cm³/mol. The molecule has 0 bridgehead atoms. The van der Waals surface area contributed by atoms with E-state index in [4.69, 9.17) is 21.5 Å². The molecule has 1 aromatic carbocycles. The zero-order valence-electron chi connectivity index (χ0n) is 11.7. The Morgan fingerprint density at radius 3 is 2.27 bits per heavy atom. The summed E-state index contributed by atoms with van der Waals surface area (Å²) in [6, 6.07) is 5.24. The molecule has 1 fully saturated rings. The van der Waals surface area contributed by atoms with Crippen LogP contribution in [0.1, 0.15) is 24.8 Å². The van der Waals surface area contributed by atoms with Crippen molar-refractivity contribution in [3.05, 3.63) is 28.8 Å². The van der Waals surface area contributed by atoms with Crippen molar-refractivity contribution < 1.29 is 28.2 Å². The Balaban J connectivity index is 0.000000295. The Morgan fingerprint density at radius 2 is 1.77 bits per heavy atom. The van der Waals surface area contributed by atoms with Crippen molar-refractivity contribution in [3.8, 4) is 5.75 Å². The Bertz CT molecular complexity index is 503. The average molecular weight is 340 g/mol. The molecule has 0 atom stereocenters. The summed E-state index contributed by atoms with van der Waals surface area (Å²) in [6.45, 7) is 3.07. The maximum atomic E-state index is 10.6. The molecule has 0 radical (unpaired) electrons. The van der Waals surface area contributed by atoms with Gasteiger partial charge in [0.15, 0.2) is 0 Å². The number of hydrogen-bond acceptors (Lipinski definition) is 3. The van der Waals surface area contributed by atoms with Gasteiger partial charge in [-0.1, -0.05) is 18.0 Å². The molecule has 0 aliphatic carbocycles. The third-order valence-electron chi connectivity index (χ3n) is 3.13. The Hall–Kier alpha value is -1.47. The van der Waals surface area contributed by atoms with E-state index in [9.17, 15) is 18.3 Å². The molecule has 0 amide bonds. The molecule has 1 aliphatic rings. The van der Waals surface area contributed by atoms with E-state index in [1.165, 1.54) is 19.3 Å². The highest BCUT2D eigenvalue weighted by Crippen LogP contribution is 2.24. The SMILES string of the molecule is O=C(O)C(F)(F)F.Oc1ccc(Cl)cc1CN1CCCCC1. The number of nitrogens with zero attached hydrogens (tertiary/aromatic N) is 1. The van der Waals surface area contributed by atoms with Gasteiger partial charge in [-0.3, -0.25) is 4.90 Å². The molecule has 1 aliphatic heterocycles. The van der Waals surface area contributed by atoms with Crippen molar-refractivity contribution in [1.82, 2.24) is 4.90 Å². The van der Waals surface area contributed by atoms with Crippen LogP contribution < -0.4 is 0 Å². The molecule has 1 aromatic rings. The third-order valence-corrected chi connectivity index (χ3v) is 3.36. The topological polar surface area (TPSA) is 60.8 Å². The minimum Gasteiger partial charge on any atom is -0.508 e. The van der Waals surface area contributed by atoms with Crippen LogP contribution in [0, 0.1) is 0 Å². The van der Waals surface area contributed by atoms with Crippen LogP contribution in [0.2, 0.25) is 5.02 Å². The summed E-state index contributed by atoms with van der Waals surface area (Å²) < 4.78 is 31.7. The van der Waals surface area contributed by atoms with Crippen molar-refractivity contribution >= 4 is 17.6 Å². The van der Waals surface area contributed by atoms with Crippen LogP contribution in [0.25, 0.3) is 0 Å². The first-order valence-corrected chi connectivity index (χ1v) is 7.08. The largest absolute Gasteiger partial charge is 0.508 e. The molecule has 2 N–H and O–H groups in total. The van der Waals surface area contributed by atoms with Crippen molar-refractivity contribution in [2.24, 2.45) is 0 Å². The first-order valence-electron chi connectivity index (χ1n) is 6.70. The number of piperidine rings is 1. The number of phenolic OH excluding ortho intramolecular Hbond substituents is 1. The van der Waals surface area contributed by atoms with Crippen molar-refractivity contribution in [3.63, 3.8) is 0 Å². The van der Waals surface area contributed by atoms with E-state index in [-0.39, 0.29) is 0 Å². The van der Waals surface area contributed by atoms with E-state index < -0.39 is 12.1 Å². The fraction of sp³-hybridized carbons (Fsp3) is 0.500. The van der Waals surface area contributed by atoms with E-state index in [1.807, 2.05) is 6.07 Å². The smallest absolute Gasteiger partial charge is 0.490 e. The standard InChI is InChI=1S/C12H16ClNO.C2HF3O2/c13-11-4-5-12(15)10(8-11)9-14-6-2-1-3-7-14;3-2(4,5)1(6)7/h4-5,8,15H,1-3,6-7,9H2;(H,6,7). The van der Waals surface area contributed by atoms with E-state index in [0.717, 1.165) is 25.2 Å². The van der Waals surface area contributed by atoms with Gasteiger partial charge in [-0.05, 0) is 44.1 Å². The van der Waals surface area contributed by atoms with Gasteiger partial charge >= 0.3 is 12.1 Å². The molecule has 22 heavy (non-hydrogen) atoms. The van der Waals surface area contributed by atoms with Gasteiger partial charge in [0, 0.05) is 17.1 Å². The summed E-state index contributed by atoms with van der Waals surface area (Å²) in [6.07, 6.45) is -1.22. The van der Waals surface area contributed by atoms with Crippen molar-refractivity contribution in [2.75, 3.05) is 13.1 Å². The van der Waals surface area contributed by atoms with Crippen LogP contribution >= 0.6 is 11.6 Å². The first kappa shape index (κ1) is 18.6. The molecule has 1 saturated heterocycles. The summed E-state index contributed by atoms with van der Waals surface area (Å²) in [7, 11) is 0. The summed E-state index contributed by atoms with van der Waals surface area (Å²) in [4.78, 5) is 11.3. The number of aromatic hydroxyl groups is 1. The zero-order chi connectivity index (χ0) is 16.8. The van der Waals surface area contributed by atoms with Gasteiger partial charge in [-0.15, -0.1) is 0 Å². The van der Waals surface area contributed by atoms with Crippen LogP contribution in [0.3, 0.4) is 0 Å². The molecule has 0 saturated carbocycles. The van der Waals surface area contributed by atoms with Crippen LogP contribution in [0.15, 0.2) is 18.2 Å². The number of rotatable bonds is 2. The Morgan fingerprint density at radius 1 is 1.23 bits per heavy atom. The van der Waals surface area contributed by atoms with Crippen LogP contribution in [0.5, 0.6) is 5.75 Å². The number of carboxylic acid groups (broad SMARTS) is 1. The number of halogens is 4. The molecular formula is C14H17ClF3NO3. The molecule has 0 unspecified atom stereocenters. The highest BCUT2D eigenvalue weighted by molar-refractivity contribution is 6.30. The molecular weight excluding hydrogens is 323 g/mol. The number of carbonyl (C=O) groups is 1. The zero-order valence-corrected chi connectivity index (χ0v) is 12.5. The van der Waals surface area contributed by atoms with Crippen molar-refractivity contribution in [2.45, 2.75) is 32.0 Å². The monoisotopic (exact) mass is 339 g/mol. The molecule has 8 heteroatoms.